The van der Waals surface area contributed by atoms with Gasteiger partial charge in [0.25, 0.3) is 0 Å². The molecule has 1 fully saturated rings. The lowest BCUT2D eigenvalue weighted by Gasteiger charge is -2.18. The van der Waals surface area contributed by atoms with Gasteiger partial charge in [-0.2, -0.15) is 0 Å². The topological polar surface area (TPSA) is 46.0 Å². The SMILES string of the molecule is CCn1c(C)nnc1CN1CCCNCC1. The molecule has 2 rings (SSSR count). The molecule has 1 aromatic heterocycles. The van der Waals surface area contributed by atoms with Crippen LogP contribution in [-0.4, -0.2) is 45.8 Å². The van der Waals surface area contributed by atoms with Crippen LogP contribution in [0.5, 0.6) is 0 Å². The molecule has 0 spiro atoms. The van der Waals surface area contributed by atoms with E-state index in [0.717, 1.165) is 50.9 Å². The van der Waals surface area contributed by atoms with Crippen LogP contribution in [0.25, 0.3) is 0 Å². The molecule has 0 aliphatic carbocycles. The van der Waals surface area contributed by atoms with Gasteiger partial charge in [-0.3, -0.25) is 4.90 Å². The molecule has 0 aromatic carbocycles. The number of nitrogens with zero attached hydrogens (tertiary/aromatic N) is 4. The third-order valence-electron chi connectivity index (χ3n) is 3.13. The fraction of sp³-hybridized carbons (Fsp3) is 0.818. The molecule has 2 heterocycles. The summed E-state index contributed by atoms with van der Waals surface area (Å²) in [4.78, 5) is 2.45. The van der Waals surface area contributed by atoms with Crippen molar-refractivity contribution in [2.45, 2.75) is 33.4 Å². The van der Waals surface area contributed by atoms with Gasteiger partial charge >= 0.3 is 0 Å². The summed E-state index contributed by atoms with van der Waals surface area (Å²) in [5.74, 6) is 2.12. The summed E-state index contributed by atoms with van der Waals surface area (Å²) in [5, 5.41) is 11.8. The van der Waals surface area contributed by atoms with E-state index < -0.39 is 0 Å². The Kier molecular flexibility index (Phi) is 3.90. The van der Waals surface area contributed by atoms with E-state index in [0.29, 0.717) is 0 Å². The summed E-state index contributed by atoms with van der Waals surface area (Å²) in [7, 11) is 0. The molecule has 1 saturated heterocycles. The van der Waals surface area contributed by atoms with Crippen molar-refractivity contribution in [3.8, 4) is 0 Å². The van der Waals surface area contributed by atoms with E-state index in [2.05, 4.69) is 31.9 Å². The van der Waals surface area contributed by atoms with Gasteiger partial charge in [0.1, 0.15) is 11.6 Å². The highest BCUT2D eigenvalue weighted by Gasteiger charge is 2.13. The van der Waals surface area contributed by atoms with Crippen LogP contribution >= 0.6 is 0 Å². The first-order valence-corrected chi connectivity index (χ1v) is 6.13. The first-order valence-electron chi connectivity index (χ1n) is 6.13. The maximum atomic E-state index is 4.26. The number of aromatic nitrogens is 3. The van der Waals surface area contributed by atoms with Gasteiger partial charge in [0.05, 0.1) is 6.54 Å². The third kappa shape index (κ3) is 2.59. The quantitative estimate of drug-likeness (QED) is 0.806. The molecule has 0 amide bonds. The fourth-order valence-corrected chi connectivity index (χ4v) is 2.21. The van der Waals surface area contributed by atoms with Crippen molar-refractivity contribution in [2.24, 2.45) is 0 Å². The largest absolute Gasteiger partial charge is 0.315 e. The van der Waals surface area contributed by atoms with Crippen molar-refractivity contribution in [2.75, 3.05) is 26.2 Å². The maximum absolute atomic E-state index is 4.26. The standard InChI is InChI=1S/C11H21N5/c1-3-16-10(2)13-14-11(16)9-15-7-4-5-12-6-8-15/h12H,3-9H2,1-2H3. The van der Waals surface area contributed by atoms with Crippen LogP contribution in [0.2, 0.25) is 0 Å². The van der Waals surface area contributed by atoms with E-state index in [-0.39, 0.29) is 0 Å². The van der Waals surface area contributed by atoms with Gasteiger partial charge in [-0.1, -0.05) is 0 Å². The fourth-order valence-electron chi connectivity index (χ4n) is 2.21. The minimum Gasteiger partial charge on any atom is -0.315 e. The Bertz CT molecular complexity index is 325. The van der Waals surface area contributed by atoms with Gasteiger partial charge < -0.3 is 9.88 Å². The molecule has 0 saturated carbocycles. The second kappa shape index (κ2) is 5.41. The Hall–Kier alpha value is -0.940. The Balaban J connectivity index is 2.01. The Morgan fingerprint density at radius 2 is 2.12 bits per heavy atom. The normalized spacial score (nSPS) is 18.6. The molecular weight excluding hydrogens is 202 g/mol. The summed E-state index contributed by atoms with van der Waals surface area (Å²) in [6, 6.07) is 0. The first-order chi connectivity index (χ1) is 7.81. The average Bonchev–Trinajstić information content (AvgIpc) is 2.51. The van der Waals surface area contributed by atoms with Crippen LogP contribution in [0.15, 0.2) is 0 Å². The van der Waals surface area contributed by atoms with Crippen molar-refractivity contribution in [1.29, 1.82) is 0 Å². The second-order valence-electron chi connectivity index (χ2n) is 4.29. The van der Waals surface area contributed by atoms with Gasteiger partial charge in [-0.15, -0.1) is 10.2 Å². The molecule has 5 heteroatoms. The molecule has 90 valence electrons. The zero-order valence-corrected chi connectivity index (χ0v) is 10.2. The van der Waals surface area contributed by atoms with Crippen molar-refractivity contribution >= 4 is 0 Å². The van der Waals surface area contributed by atoms with Crippen LogP contribution in [0, 0.1) is 6.92 Å². The van der Waals surface area contributed by atoms with E-state index in [1.807, 2.05) is 6.92 Å². The zero-order chi connectivity index (χ0) is 11.4. The molecule has 16 heavy (non-hydrogen) atoms. The molecule has 1 aromatic rings. The summed E-state index contributed by atoms with van der Waals surface area (Å²) < 4.78 is 2.19. The lowest BCUT2D eigenvalue weighted by Crippen LogP contribution is -2.29. The molecule has 1 N–H and O–H groups in total. The van der Waals surface area contributed by atoms with Crippen LogP contribution < -0.4 is 5.32 Å². The number of hydrogen-bond acceptors (Lipinski definition) is 4. The Morgan fingerprint density at radius 1 is 1.25 bits per heavy atom. The number of aryl methyl sites for hydroxylation is 1. The average molecular weight is 223 g/mol. The Morgan fingerprint density at radius 3 is 2.94 bits per heavy atom. The molecule has 0 bridgehead atoms. The summed E-state index contributed by atoms with van der Waals surface area (Å²) in [5.41, 5.74) is 0. The van der Waals surface area contributed by atoms with Crippen molar-refractivity contribution in [3.63, 3.8) is 0 Å². The van der Waals surface area contributed by atoms with Gasteiger partial charge in [0.15, 0.2) is 0 Å². The lowest BCUT2D eigenvalue weighted by atomic mass is 10.4. The van der Waals surface area contributed by atoms with Crippen molar-refractivity contribution in [1.82, 2.24) is 25.0 Å². The van der Waals surface area contributed by atoms with Gasteiger partial charge in [0, 0.05) is 19.6 Å². The van der Waals surface area contributed by atoms with E-state index >= 15 is 0 Å². The minimum atomic E-state index is 0.927. The zero-order valence-electron chi connectivity index (χ0n) is 10.2. The predicted octanol–water partition coefficient (Wildman–Crippen LogP) is 0.402. The number of nitrogens with one attached hydrogen (secondary N) is 1. The van der Waals surface area contributed by atoms with E-state index in [9.17, 15) is 0 Å². The number of rotatable bonds is 3. The van der Waals surface area contributed by atoms with Gasteiger partial charge in [-0.05, 0) is 33.4 Å². The lowest BCUT2D eigenvalue weighted by molar-refractivity contribution is 0.272. The highest BCUT2D eigenvalue weighted by atomic mass is 15.3. The van der Waals surface area contributed by atoms with Crippen LogP contribution in [0.1, 0.15) is 25.0 Å². The monoisotopic (exact) mass is 223 g/mol. The van der Waals surface area contributed by atoms with Crippen LogP contribution in [-0.2, 0) is 13.1 Å². The van der Waals surface area contributed by atoms with Gasteiger partial charge in [-0.25, -0.2) is 0 Å². The highest BCUT2D eigenvalue weighted by molar-refractivity contribution is 4.94. The third-order valence-corrected chi connectivity index (χ3v) is 3.13. The summed E-state index contributed by atoms with van der Waals surface area (Å²) >= 11 is 0. The molecule has 1 aliphatic rings. The summed E-state index contributed by atoms with van der Waals surface area (Å²) in [6.07, 6.45) is 1.22. The van der Waals surface area contributed by atoms with E-state index in [1.54, 1.807) is 0 Å². The molecule has 0 radical (unpaired) electrons. The van der Waals surface area contributed by atoms with E-state index in [4.69, 9.17) is 0 Å². The van der Waals surface area contributed by atoms with Crippen LogP contribution in [0.3, 0.4) is 0 Å². The molecule has 0 unspecified atom stereocenters. The number of hydrogen-bond donors (Lipinski definition) is 1. The Labute approximate surface area is 96.8 Å². The van der Waals surface area contributed by atoms with Crippen LogP contribution in [0.4, 0.5) is 0 Å². The van der Waals surface area contributed by atoms with Gasteiger partial charge in [0.2, 0.25) is 0 Å². The van der Waals surface area contributed by atoms with Crippen molar-refractivity contribution < 1.29 is 0 Å². The molecule has 0 atom stereocenters. The minimum absolute atomic E-state index is 0.927. The predicted molar refractivity (Wildman–Crippen MR) is 63.2 cm³/mol. The highest BCUT2D eigenvalue weighted by Crippen LogP contribution is 2.06. The second-order valence-corrected chi connectivity index (χ2v) is 4.29. The molecule has 5 nitrogen and oxygen atoms in total. The maximum Gasteiger partial charge on any atom is 0.147 e. The molecular formula is C11H21N5. The molecule has 1 aliphatic heterocycles. The van der Waals surface area contributed by atoms with Crippen molar-refractivity contribution in [3.05, 3.63) is 11.6 Å². The summed E-state index contributed by atoms with van der Waals surface area (Å²) in [6.45, 7) is 10.5. The first kappa shape index (κ1) is 11.5. The van der Waals surface area contributed by atoms with E-state index in [1.165, 1.54) is 6.42 Å². The smallest absolute Gasteiger partial charge is 0.147 e.